The highest BCUT2D eigenvalue weighted by molar-refractivity contribution is 7.99. The first-order chi connectivity index (χ1) is 9.56. The van der Waals surface area contributed by atoms with Crippen LogP contribution in [0.1, 0.15) is 38.6 Å². The highest BCUT2D eigenvalue weighted by atomic mass is 32.2. The van der Waals surface area contributed by atoms with Gasteiger partial charge in [0.05, 0.1) is 11.8 Å². The molecule has 20 heavy (non-hydrogen) atoms. The van der Waals surface area contributed by atoms with Gasteiger partial charge in [0.2, 0.25) is 11.1 Å². The minimum absolute atomic E-state index is 0.0501. The summed E-state index contributed by atoms with van der Waals surface area (Å²) in [6.07, 6.45) is 2.63. The molecule has 1 amide bonds. The molecule has 1 aliphatic rings. The predicted octanol–water partition coefficient (Wildman–Crippen LogP) is 0.470. The fraction of sp³-hybridized carbons (Fsp3) is 0.727. The lowest BCUT2D eigenvalue weighted by molar-refractivity contribution is -0.137. The molecule has 110 valence electrons. The number of carboxylic acid groups (broad SMARTS) is 1. The smallest absolute Gasteiger partial charge is 0.303 e. The van der Waals surface area contributed by atoms with E-state index in [1.54, 1.807) is 11.6 Å². The SMILES string of the molecule is CC(CCC(=O)O)NC(=O)CSc1nnnn1C1CC1. The van der Waals surface area contributed by atoms with E-state index < -0.39 is 5.97 Å². The van der Waals surface area contributed by atoms with Gasteiger partial charge in [0.15, 0.2) is 0 Å². The molecule has 0 bridgehead atoms. The Balaban J connectivity index is 1.71. The predicted molar refractivity (Wildman–Crippen MR) is 71.3 cm³/mol. The van der Waals surface area contributed by atoms with E-state index in [1.165, 1.54) is 11.8 Å². The number of thioether (sulfide) groups is 1. The summed E-state index contributed by atoms with van der Waals surface area (Å²) in [6, 6.07) is 0.226. The Kier molecular flexibility index (Phi) is 4.94. The van der Waals surface area contributed by atoms with Crippen molar-refractivity contribution in [2.75, 3.05) is 5.75 Å². The van der Waals surface area contributed by atoms with Crippen molar-refractivity contribution in [3.63, 3.8) is 0 Å². The Bertz CT molecular complexity index is 488. The van der Waals surface area contributed by atoms with Crippen molar-refractivity contribution >= 4 is 23.6 Å². The van der Waals surface area contributed by atoms with E-state index in [-0.39, 0.29) is 24.1 Å². The fourth-order valence-electron chi connectivity index (χ4n) is 1.69. The summed E-state index contributed by atoms with van der Waals surface area (Å²) in [5.74, 6) is -0.771. The molecule has 0 aliphatic heterocycles. The zero-order chi connectivity index (χ0) is 14.5. The third kappa shape index (κ3) is 4.48. The minimum atomic E-state index is -0.857. The van der Waals surface area contributed by atoms with Crippen LogP contribution in [0, 0.1) is 0 Å². The van der Waals surface area contributed by atoms with Gasteiger partial charge in [-0.1, -0.05) is 11.8 Å². The van der Waals surface area contributed by atoms with Crippen molar-refractivity contribution in [3.05, 3.63) is 0 Å². The van der Waals surface area contributed by atoms with Crippen molar-refractivity contribution < 1.29 is 14.7 Å². The number of carbonyl (C=O) groups is 2. The molecule has 1 unspecified atom stereocenters. The van der Waals surface area contributed by atoms with Crippen LogP contribution in [0.25, 0.3) is 0 Å². The molecule has 1 fully saturated rings. The van der Waals surface area contributed by atoms with Gasteiger partial charge < -0.3 is 10.4 Å². The van der Waals surface area contributed by atoms with Gasteiger partial charge in [-0.3, -0.25) is 9.59 Å². The number of nitrogens with one attached hydrogen (secondary N) is 1. The number of carboxylic acids is 1. The number of hydrogen-bond acceptors (Lipinski definition) is 6. The van der Waals surface area contributed by atoms with Gasteiger partial charge >= 0.3 is 5.97 Å². The van der Waals surface area contributed by atoms with E-state index in [9.17, 15) is 9.59 Å². The molecule has 1 aliphatic carbocycles. The molecule has 1 atom stereocenters. The second-order valence-corrected chi connectivity index (χ2v) is 5.77. The van der Waals surface area contributed by atoms with Crippen molar-refractivity contribution in [2.24, 2.45) is 0 Å². The van der Waals surface area contributed by atoms with Gasteiger partial charge in [0.25, 0.3) is 0 Å². The normalized spacial score (nSPS) is 15.8. The van der Waals surface area contributed by atoms with Gasteiger partial charge in [-0.25, -0.2) is 4.68 Å². The average Bonchev–Trinajstić information content (AvgIpc) is 3.13. The topological polar surface area (TPSA) is 110 Å². The summed E-state index contributed by atoms with van der Waals surface area (Å²) in [7, 11) is 0. The zero-order valence-electron chi connectivity index (χ0n) is 11.2. The molecule has 9 heteroatoms. The molecule has 8 nitrogen and oxygen atoms in total. The van der Waals surface area contributed by atoms with Gasteiger partial charge in [-0.05, 0) is 36.6 Å². The lowest BCUT2D eigenvalue weighted by Crippen LogP contribution is -2.34. The molecule has 2 N–H and O–H groups in total. The Morgan fingerprint density at radius 2 is 2.30 bits per heavy atom. The largest absolute Gasteiger partial charge is 0.481 e. The standard InChI is InChI=1S/C11H17N5O3S/c1-7(2-5-10(18)19)12-9(17)6-20-11-13-14-15-16(11)8-3-4-8/h7-8H,2-6H2,1H3,(H,12,17)(H,18,19). The molecule has 1 saturated carbocycles. The van der Waals surface area contributed by atoms with E-state index in [4.69, 9.17) is 5.11 Å². The molecular weight excluding hydrogens is 282 g/mol. The first kappa shape index (κ1) is 14.8. The summed E-state index contributed by atoms with van der Waals surface area (Å²) < 4.78 is 1.76. The van der Waals surface area contributed by atoms with Crippen LogP contribution < -0.4 is 5.32 Å². The first-order valence-electron chi connectivity index (χ1n) is 6.48. The number of amides is 1. The van der Waals surface area contributed by atoms with Crippen LogP contribution in [-0.2, 0) is 9.59 Å². The number of nitrogens with zero attached hydrogens (tertiary/aromatic N) is 4. The summed E-state index contributed by atoms with van der Waals surface area (Å²) in [6.45, 7) is 1.79. The van der Waals surface area contributed by atoms with Crippen LogP contribution in [-0.4, -0.2) is 49.0 Å². The highest BCUT2D eigenvalue weighted by Gasteiger charge is 2.28. The van der Waals surface area contributed by atoms with E-state index in [1.807, 2.05) is 0 Å². The number of rotatable bonds is 8. The fourth-order valence-corrected chi connectivity index (χ4v) is 2.44. The first-order valence-corrected chi connectivity index (χ1v) is 7.46. The zero-order valence-corrected chi connectivity index (χ0v) is 12.0. The second-order valence-electron chi connectivity index (χ2n) is 4.83. The molecule has 0 aromatic carbocycles. The van der Waals surface area contributed by atoms with Gasteiger partial charge in [-0.15, -0.1) is 5.10 Å². The number of aromatic nitrogens is 4. The molecule has 1 aromatic heterocycles. The minimum Gasteiger partial charge on any atom is -0.481 e. The van der Waals surface area contributed by atoms with Crippen LogP contribution in [0.3, 0.4) is 0 Å². The number of tetrazole rings is 1. The quantitative estimate of drug-likeness (QED) is 0.671. The maximum Gasteiger partial charge on any atom is 0.303 e. The third-order valence-electron chi connectivity index (χ3n) is 2.89. The van der Waals surface area contributed by atoms with Crippen molar-refractivity contribution in [1.29, 1.82) is 0 Å². The monoisotopic (exact) mass is 299 g/mol. The van der Waals surface area contributed by atoms with Gasteiger partial charge in [-0.2, -0.15) is 0 Å². The van der Waals surface area contributed by atoms with E-state index >= 15 is 0 Å². The second kappa shape index (κ2) is 6.69. The summed E-state index contributed by atoms with van der Waals surface area (Å²) >= 11 is 1.30. The Morgan fingerprint density at radius 1 is 1.55 bits per heavy atom. The van der Waals surface area contributed by atoms with Crippen LogP contribution in [0.2, 0.25) is 0 Å². The number of hydrogen-bond donors (Lipinski definition) is 2. The van der Waals surface area contributed by atoms with Crippen LogP contribution in [0.5, 0.6) is 0 Å². The van der Waals surface area contributed by atoms with Crippen LogP contribution in [0.15, 0.2) is 5.16 Å². The third-order valence-corrected chi connectivity index (χ3v) is 3.82. The van der Waals surface area contributed by atoms with E-state index in [0.717, 1.165) is 12.8 Å². The molecule has 0 radical (unpaired) electrons. The lowest BCUT2D eigenvalue weighted by atomic mass is 10.2. The van der Waals surface area contributed by atoms with Crippen molar-refractivity contribution in [1.82, 2.24) is 25.5 Å². The Labute approximate surface area is 120 Å². The number of carbonyl (C=O) groups excluding carboxylic acids is 1. The Morgan fingerprint density at radius 3 is 2.95 bits per heavy atom. The lowest BCUT2D eigenvalue weighted by Gasteiger charge is -2.12. The molecular formula is C11H17N5O3S. The summed E-state index contributed by atoms with van der Waals surface area (Å²) in [5, 5.41) is 23.4. The van der Waals surface area contributed by atoms with E-state index in [2.05, 4.69) is 20.8 Å². The molecule has 2 rings (SSSR count). The molecule has 0 saturated heterocycles. The maximum absolute atomic E-state index is 11.7. The summed E-state index contributed by atoms with van der Waals surface area (Å²) in [4.78, 5) is 22.2. The molecule has 1 heterocycles. The van der Waals surface area contributed by atoms with Crippen molar-refractivity contribution in [2.45, 2.75) is 49.8 Å². The van der Waals surface area contributed by atoms with Gasteiger partial charge in [0, 0.05) is 12.5 Å². The van der Waals surface area contributed by atoms with Crippen molar-refractivity contribution in [3.8, 4) is 0 Å². The van der Waals surface area contributed by atoms with Crippen LogP contribution >= 0.6 is 11.8 Å². The highest BCUT2D eigenvalue weighted by Crippen LogP contribution is 2.36. The summed E-state index contributed by atoms with van der Waals surface area (Å²) in [5.41, 5.74) is 0. The van der Waals surface area contributed by atoms with Crippen LogP contribution in [0.4, 0.5) is 0 Å². The molecule has 0 spiro atoms. The number of aliphatic carboxylic acids is 1. The average molecular weight is 299 g/mol. The maximum atomic E-state index is 11.7. The molecule has 1 aromatic rings. The van der Waals surface area contributed by atoms with E-state index in [0.29, 0.717) is 17.6 Å². The Hall–Kier alpha value is -1.64. The van der Waals surface area contributed by atoms with Gasteiger partial charge in [0.1, 0.15) is 0 Å².